The molecule has 3 N–H and O–H groups in total. The van der Waals surface area contributed by atoms with Crippen LogP contribution < -0.4 is 16.0 Å². The van der Waals surface area contributed by atoms with E-state index in [0.717, 1.165) is 57.8 Å². The molecule has 0 bridgehead atoms. The number of benzene rings is 3. The Labute approximate surface area is 395 Å². The van der Waals surface area contributed by atoms with Gasteiger partial charge in [0.1, 0.15) is 0 Å². The summed E-state index contributed by atoms with van der Waals surface area (Å²) in [5.41, 5.74) is 3.34. The van der Waals surface area contributed by atoms with Crippen LogP contribution in [-0.4, -0.2) is 52.7 Å². The summed E-state index contributed by atoms with van der Waals surface area (Å²) in [7, 11) is 0. The Morgan fingerprint density at radius 3 is 0.879 bits per heavy atom. The second-order valence-corrected chi connectivity index (χ2v) is 17.6. The van der Waals surface area contributed by atoms with Crippen molar-refractivity contribution < 1.29 is 28.6 Å². The maximum absolute atomic E-state index is 13.0. The molecule has 0 saturated carbocycles. The van der Waals surface area contributed by atoms with Gasteiger partial charge >= 0.3 is 17.9 Å². The number of nitrogens with one attached hydrogen (secondary N) is 3. The fraction of sp³-hybridized carbons (Fsp3) is 0.556. The first kappa shape index (κ1) is 53.1. The molecule has 0 saturated heterocycles. The fourth-order valence-electron chi connectivity index (χ4n) is 7.63. The molecule has 12 nitrogen and oxygen atoms in total. The summed E-state index contributed by atoms with van der Waals surface area (Å²) in [5.74, 6) is 0.717. The van der Waals surface area contributed by atoms with Crippen molar-refractivity contribution in [1.82, 2.24) is 15.0 Å². The Bertz CT molecular complexity index is 1750. The number of unbranched alkanes of at least 4 members (excludes halogenated alkanes) is 9. The van der Waals surface area contributed by atoms with Gasteiger partial charge in [0.2, 0.25) is 17.8 Å². The van der Waals surface area contributed by atoms with Crippen molar-refractivity contribution in [2.75, 3.05) is 35.8 Å². The lowest BCUT2D eigenvalue weighted by molar-refractivity contribution is 0.0419. The molecule has 1 heterocycles. The minimum absolute atomic E-state index is 0.236. The highest BCUT2D eigenvalue weighted by atomic mass is 16.5. The Morgan fingerprint density at radius 2 is 0.652 bits per heavy atom. The average molecular weight is 907 g/mol. The van der Waals surface area contributed by atoms with Crippen LogP contribution in [0.2, 0.25) is 0 Å². The van der Waals surface area contributed by atoms with Gasteiger partial charge in [0.15, 0.2) is 0 Å². The normalized spacial score (nSPS) is 12.5. The van der Waals surface area contributed by atoms with Gasteiger partial charge < -0.3 is 30.2 Å². The Hall–Kier alpha value is -5.52. The van der Waals surface area contributed by atoms with Gasteiger partial charge in [0.25, 0.3) is 0 Å². The molecule has 3 aromatic carbocycles. The second kappa shape index (κ2) is 30.6. The van der Waals surface area contributed by atoms with Crippen LogP contribution in [0, 0.1) is 17.8 Å². The van der Waals surface area contributed by atoms with Gasteiger partial charge in [-0.15, -0.1) is 0 Å². The minimum atomic E-state index is -0.351. The zero-order valence-electron chi connectivity index (χ0n) is 40.8. The molecule has 0 aliphatic rings. The third-order valence-electron chi connectivity index (χ3n) is 12.2. The Balaban J connectivity index is 1.45. The third-order valence-corrected chi connectivity index (χ3v) is 12.2. The number of carbonyl (C=O) groups is 3. The largest absolute Gasteiger partial charge is 0.462 e. The lowest BCUT2D eigenvalue weighted by atomic mass is 9.99. The molecule has 3 atom stereocenters. The van der Waals surface area contributed by atoms with Crippen LogP contribution in [0.4, 0.5) is 34.9 Å². The topological polar surface area (TPSA) is 154 Å². The van der Waals surface area contributed by atoms with E-state index in [0.29, 0.717) is 71.3 Å². The summed E-state index contributed by atoms with van der Waals surface area (Å²) >= 11 is 0. The number of esters is 3. The molecule has 4 aromatic rings. The highest BCUT2D eigenvalue weighted by Crippen LogP contribution is 2.24. The van der Waals surface area contributed by atoms with Crippen LogP contribution in [0.5, 0.6) is 0 Å². The van der Waals surface area contributed by atoms with Gasteiger partial charge in [-0.25, -0.2) is 14.4 Å². The first-order valence-corrected chi connectivity index (χ1v) is 25.1. The van der Waals surface area contributed by atoms with Gasteiger partial charge in [-0.2, -0.15) is 15.0 Å². The zero-order chi connectivity index (χ0) is 47.4. The fourth-order valence-corrected chi connectivity index (χ4v) is 7.63. The predicted octanol–water partition coefficient (Wildman–Crippen LogP) is 14.6. The lowest BCUT2D eigenvalue weighted by Crippen LogP contribution is -2.14. The SMILES string of the molecule is CCCCCCC(CC)COC(=O)c1ccc(Nc2nc(Nc3ccc(C(=O)OCC(CC)CCCCCC)cc3)nc(Nc3ccc(C(=O)OCC(CC)CCCCCC)cc3)n2)cc1. The summed E-state index contributed by atoms with van der Waals surface area (Å²) in [6.07, 6.45) is 20.5. The van der Waals surface area contributed by atoms with Crippen molar-refractivity contribution in [2.45, 2.75) is 157 Å². The van der Waals surface area contributed by atoms with Crippen LogP contribution in [0.25, 0.3) is 0 Å². The van der Waals surface area contributed by atoms with E-state index < -0.39 is 0 Å². The number of hydrogen-bond acceptors (Lipinski definition) is 12. The number of ether oxygens (including phenoxy) is 3. The predicted molar refractivity (Wildman–Crippen MR) is 267 cm³/mol. The van der Waals surface area contributed by atoms with E-state index in [1.54, 1.807) is 72.8 Å². The monoisotopic (exact) mass is 907 g/mol. The number of hydrogen-bond donors (Lipinski definition) is 3. The molecule has 1 aromatic heterocycles. The standard InChI is InChI=1S/C54H78N6O6/c1-7-13-16-19-22-40(10-4)37-64-49(61)43-25-31-46(32-26-43)55-52-58-53(56-47-33-27-44(28-34-47)50(62)65-38-41(11-5)23-20-17-14-8-2)60-54(59-52)57-48-35-29-45(30-36-48)51(63)66-39-42(12-6)24-21-18-15-9-3/h25-36,40-42H,7-24,37-39H2,1-6H3,(H3,55,56,57,58,59,60). The van der Waals surface area contributed by atoms with Crippen LogP contribution >= 0.6 is 0 Å². The van der Waals surface area contributed by atoms with E-state index >= 15 is 0 Å². The Morgan fingerprint density at radius 1 is 0.394 bits per heavy atom. The molecule has 0 radical (unpaired) electrons. The van der Waals surface area contributed by atoms with Crippen molar-refractivity contribution >= 4 is 52.8 Å². The summed E-state index contributed by atoms with van der Waals surface area (Å²) < 4.78 is 17.1. The minimum Gasteiger partial charge on any atom is -0.462 e. The molecular formula is C54H78N6O6. The van der Waals surface area contributed by atoms with E-state index in [1.807, 2.05) is 0 Å². The molecule has 4 rings (SSSR count). The maximum Gasteiger partial charge on any atom is 0.338 e. The first-order chi connectivity index (χ1) is 32.2. The summed E-state index contributed by atoms with van der Waals surface area (Å²) in [5, 5.41) is 9.72. The van der Waals surface area contributed by atoms with Crippen molar-refractivity contribution in [3.05, 3.63) is 89.5 Å². The number of carbonyl (C=O) groups excluding carboxylic acids is 3. The van der Waals surface area contributed by atoms with E-state index in [4.69, 9.17) is 14.2 Å². The van der Waals surface area contributed by atoms with Crippen LogP contribution in [-0.2, 0) is 14.2 Å². The highest BCUT2D eigenvalue weighted by molar-refractivity contribution is 5.91. The molecule has 0 fully saturated rings. The molecule has 12 heteroatoms. The van der Waals surface area contributed by atoms with Gasteiger partial charge in [-0.3, -0.25) is 0 Å². The smallest absolute Gasteiger partial charge is 0.338 e. The molecule has 0 aliphatic carbocycles. The molecule has 360 valence electrons. The average Bonchev–Trinajstić information content (AvgIpc) is 3.33. The first-order valence-electron chi connectivity index (χ1n) is 25.1. The van der Waals surface area contributed by atoms with Crippen molar-refractivity contribution in [3.63, 3.8) is 0 Å². The lowest BCUT2D eigenvalue weighted by Gasteiger charge is -2.15. The molecule has 0 aliphatic heterocycles. The van der Waals surface area contributed by atoms with Gasteiger partial charge in [0.05, 0.1) is 36.5 Å². The molecule has 0 spiro atoms. The molecule has 3 unspecified atom stereocenters. The maximum atomic E-state index is 13.0. The van der Waals surface area contributed by atoms with E-state index in [-0.39, 0.29) is 35.8 Å². The molecular weight excluding hydrogens is 829 g/mol. The zero-order valence-corrected chi connectivity index (χ0v) is 40.8. The summed E-state index contributed by atoms with van der Waals surface area (Å²) in [6.45, 7) is 14.3. The summed E-state index contributed by atoms with van der Waals surface area (Å²) in [6, 6.07) is 21.0. The van der Waals surface area contributed by atoms with Crippen molar-refractivity contribution in [3.8, 4) is 0 Å². The van der Waals surface area contributed by atoms with Gasteiger partial charge in [-0.1, -0.05) is 138 Å². The quantitative estimate of drug-likeness (QED) is 0.0237. The van der Waals surface area contributed by atoms with Crippen LogP contribution in [0.3, 0.4) is 0 Å². The number of aromatic nitrogens is 3. The van der Waals surface area contributed by atoms with E-state index in [9.17, 15) is 14.4 Å². The van der Waals surface area contributed by atoms with Crippen molar-refractivity contribution in [1.29, 1.82) is 0 Å². The molecule has 66 heavy (non-hydrogen) atoms. The van der Waals surface area contributed by atoms with E-state index in [1.165, 1.54) is 57.8 Å². The number of rotatable bonds is 33. The van der Waals surface area contributed by atoms with Crippen LogP contribution in [0.1, 0.15) is 188 Å². The van der Waals surface area contributed by atoms with Crippen LogP contribution in [0.15, 0.2) is 72.8 Å². The van der Waals surface area contributed by atoms with Crippen molar-refractivity contribution in [2.24, 2.45) is 17.8 Å². The molecule has 0 amide bonds. The number of nitrogens with zero attached hydrogens (tertiary/aromatic N) is 3. The Kier molecular flexibility index (Phi) is 24.7. The summed E-state index contributed by atoms with van der Waals surface area (Å²) in [4.78, 5) is 52.9. The van der Waals surface area contributed by atoms with E-state index in [2.05, 4.69) is 72.4 Å². The second-order valence-electron chi connectivity index (χ2n) is 17.6. The third kappa shape index (κ3) is 19.5. The van der Waals surface area contributed by atoms with Gasteiger partial charge in [-0.05, 0) is 110 Å². The highest BCUT2D eigenvalue weighted by Gasteiger charge is 2.17. The van der Waals surface area contributed by atoms with Gasteiger partial charge in [0, 0.05) is 17.1 Å². The number of anilines is 6.